The van der Waals surface area contributed by atoms with Crippen molar-refractivity contribution in [1.82, 2.24) is 5.32 Å². The summed E-state index contributed by atoms with van der Waals surface area (Å²) in [5.41, 5.74) is 1.10. The van der Waals surface area contributed by atoms with Crippen LogP contribution in [0.15, 0.2) is 54.6 Å². The van der Waals surface area contributed by atoms with Gasteiger partial charge >= 0.3 is 0 Å². The van der Waals surface area contributed by atoms with E-state index in [0.29, 0.717) is 32.6 Å². The van der Waals surface area contributed by atoms with E-state index < -0.39 is 5.41 Å². The number of hydrogen-bond acceptors (Lipinski definition) is 3. The molecular weight excluding hydrogens is 331 g/mol. The molecule has 0 bridgehead atoms. The molecule has 2 N–H and O–H groups in total. The third-order valence-corrected chi connectivity index (χ3v) is 4.90. The van der Waals surface area contributed by atoms with Crippen molar-refractivity contribution in [3.05, 3.63) is 66.0 Å². The summed E-state index contributed by atoms with van der Waals surface area (Å²) in [4.78, 5) is 13.0. The van der Waals surface area contributed by atoms with Crippen molar-refractivity contribution in [3.63, 3.8) is 0 Å². The highest BCUT2D eigenvalue weighted by atomic mass is 19.1. The second kappa shape index (κ2) is 8.81. The van der Waals surface area contributed by atoms with Gasteiger partial charge in [-0.1, -0.05) is 30.3 Å². The molecule has 0 aliphatic carbocycles. The molecule has 0 aromatic heterocycles. The Morgan fingerprint density at radius 3 is 2.54 bits per heavy atom. The van der Waals surface area contributed by atoms with E-state index in [1.54, 1.807) is 6.07 Å². The van der Waals surface area contributed by atoms with Crippen LogP contribution in [-0.2, 0) is 14.9 Å². The van der Waals surface area contributed by atoms with Gasteiger partial charge in [0, 0.05) is 32.0 Å². The lowest BCUT2D eigenvalue weighted by Crippen LogP contribution is -2.48. The van der Waals surface area contributed by atoms with E-state index in [1.807, 2.05) is 36.4 Å². The summed E-state index contributed by atoms with van der Waals surface area (Å²) in [7, 11) is 0. The average Bonchev–Trinajstić information content (AvgIpc) is 2.69. The van der Waals surface area contributed by atoms with E-state index in [2.05, 4.69) is 10.6 Å². The Kier molecular flexibility index (Phi) is 6.23. The van der Waals surface area contributed by atoms with Gasteiger partial charge in [-0.05, 0) is 49.1 Å². The molecule has 4 nitrogen and oxygen atoms in total. The van der Waals surface area contributed by atoms with Crippen LogP contribution in [-0.4, -0.2) is 32.2 Å². The number of rotatable bonds is 7. The highest BCUT2D eigenvalue weighted by Crippen LogP contribution is 2.35. The van der Waals surface area contributed by atoms with Gasteiger partial charge in [0.2, 0.25) is 5.91 Å². The zero-order chi connectivity index (χ0) is 18.2. The zero-order valence-corrected chi connectivity index (χ0v) is 14.8. The molecule has 2 aromatic carbocycles. The second-order valence-corrected chi connectivity index (χ2v) is 6.61. The molecule has 1 heterocycles. The maximum absolute atomic E-state index is 13.7. The first-order chi connectivity index (χ1) is 12.7. The molecule has 1 fully saturated rings. The molecule has 0 atom stereocenters. The molecule has 1 saturated heterocycles. The van der Waals surface area contributed by atoms with E-state index in [0.717, 1.165) is 24.2 Å². The molecule has 5 heteroatoms. The molecule has 1 aliphatic heterocycles. The molecular formula is C21H25FN2O2. The van der Waals surface area contributed by atoms with Crippen molar-refractivity contribution in [1.29, 1.82) is 0 Å². The Morgan fingerprint density at radius 1 is 1.04 bits per heavy atom. The molecule has 138 valence electrons. The highest BCUT2D eigenvalue weighted by Gasteiger charge is 2.41. The van der Waals surface area contributed by atoms with E-state index in [4.69, 9.17) is 4.74 Å². The van der Waals surface area contributed by atoms with E-state index in [9.17, 15) is 9.18 Å². The number of anilines is 1. The standard InChI is InChI=1S/C21H25FN2O2/c22-18-7-4-6-17(16-18)21(10-14-26-15-11-21)20(25)24-13-5-12-23-19-8-2-1-3-9-19/h1-4,6-9,16,23H,5,10-15H2,(H,24,25). The topological polar surface area (TPSA) is 50.4 Å². The van der Waals surface area contributed by atoms with Crippen LogP contribution >= 0.6 is 0 Å². The van der Waals surface area contributed by atoms with Crippen LogP contribution < -0.4 is 10.6 Å². The van der Waals surface area contributed by atoms with E-state index >= 15 is 0 Å². The summed E-state index contributed by atoms with van der Waals surface area (Å²) in [6.45, 7) is 2.38. The van der Waals surface area contributed by atoms with E-state index in [-0.39, 0.29) is 11.7 Å². The molecule has 2 aromatic rings. The number of carbonyl (C=O) groups excluding carboxylic acids is 1. The predicted octanol–water partition coefficient (Wildman–Crippen LogP) is 3.49. The number of hydrogen-bond donors (Lipinski definition) is 2. The van der Waals surface area contributed by atoms with Crippen molar-refractivity contribution in [3.8, 4) is 0 Å². The first kappa shape index (κ1) is 18.4. The van der Waals surface area contributed by atoms with Crippen LogP contribution in [0.5, 0.6) is 0 Å². The van der Waals surface area contributed by atoms with Gasteiger partial charge in [-0.25, -0.2) is 4.39 Å². The summed E-state index contributed by atoms with van der Waals surface area (Å²) in [6, 6.07) is 16.4. The third kappa shape index (κ3) is 4.41. The fourth-order valence-electron chi connectivity index (χ4n) is 3.40. The van der Waals surface area contributed by atoms with Crippen molar-refractivity contribution in [2.45, 2.75) is 24.7 Å². The number of benzene rings is 2. The molecule has 3 rings (SSSR count). The summed E-state index contributed by atoms with van der Waals surface area (Å²) in [6.07, 6.45) is 1.96. The van der Waals surface area contributed by atoms with Crippen LogP contribution in [0.4, 0.5) is 10.1 Å². The summed E-state index contributed by atoms with van der Waals surface area (Å²) < 4.78 is 19.1. The number of halogens is 1. The van der Waals surface area contributed by atoms with Crippen molar-refractivity contribution in [2.24, 2.45) is 0 Å². The first-order valence-electron chi connectivity index (χ1n) is 9.12. The van der Waals surface area contributed by atoms with Crippen molar-refractivity contribution >= 4 is 11.6 Å². The summed E-state index contributed by atoms with van der Waals surface area (Å²) >= 11 is 0. The Labute approximate surface area is 153 Å². The SMILES string of the molecule is O=C(NCCCNc1ccccc1)C1(c2cccc(F)c2)CCOCC1. The van der Waals surface area contributed by atoms with Gasteiger partial charge in [0.15, 0.2) is 0 Å². The van der Waals surface area contributed by atoms with Gasteiger partial charge < -0.3 is 15.4 Å². The van der Waals surface area contributed by atoms with Crippen molar-refractivity contribution < 1.29 is 13.9 Å². The number of amides is 1. The number of para-hydroxylation sites is 1. The molecule has 0 unspecified atom stereocenters. The smallest absolute Gasteiger partial charge is 0.230 e. The zero-order valence-electron chi connectivity index (χ0n) is 14.8. The van der Waals surface area contributed by atoms with Crippen LogP contribution in [0.3, 0.4) is 0 Å². The van der Waals surface area contributed by atoms with Gasteiger partial charge in [-0.15, -0.1) is 0 Å². The molecule has 0 saturated carbocycles. The number of carbonyl (C=O) groups is 1. The molecule has 1 amide bonds. The minimum absolute atomic E-state index is 0.0360. The van der Waals surface area contributed by atoms with E-state index in [1.165, 1.54) is 12.1 Å². The minimum atomic E-state index is -0.701. The quantitative estimate of drug-likeness (QED) is 0.747. The Balaban J connectivity index is 1.56. The fraction of sp³-hybridized carbons (Fsp3) is 0.381. The molecule has 0 spiro atoms. The highest BCUT2D eigenvalue weighted by molar-refractivity contribution is 5.88. The second-order valence-electron chi connectivity index (χ2n) is 6.61. The fourth-order valence-corrected chi connectivity index (χ4v) is 3.40. The van der Waals surface area contributed by atoms with Gasteiger partial charge in [0.25, 0.3) is 0 Å². The lowest BCUT2D eigenvalue weighted by molar-refractivity contribution is -0.130. The monoisotopic (exact) mass is 356 g/mol. The molecule has 26 heavy (non-hydrogen) atoms. The first-order valence-corrected chi connectivity index (χ1v) is 9.12. The lowest BCUT2D eigenvalue weighted by Gasteiger charge is -2.36. The maximum atomic E-state index is 13.7. The summed E-state index contributed by atoms with van der Waals surface area (Å²) in [5.74, 6) is -0.348. The normalized spacial score (nSPS) is 16.0. The Hall–Kier alpha value is -2.40. The Bertz CT molecular complexity index is 715. The van der Waals surface area contributed by atoms with Crippen LogP contribution in [0, 0.1) is 5.82 Å². The Morgan fingerprint density at radius 2 is 1.81 bits per heavy atom. The molecule has 1 aliphatic rings. The van der Waals surface area contributed by atoms with Gasteiger partial charge in [0.05, 0.1) is 5.41 Å². The van der Waals surface area contributed by atoms with Crippen LogP contribution in [0.2, 0.25) is 0 Å². The largest absolute Gasteiger partial charge is 0.385 e. The van der Waals surface area contributed by atoms with Crippen LogP contribution in [0.1, 0.15) is 24.8 Å². The average molecular weight is 356 g/mol. The number of nitrogens with one attached hydrogen (secondary N) is 2. The third-order valence-electron chi connectivity index (χ3n) is 4.90. The predicted molar refractivity (Wildman–Crippen MR) is 101 cm³/mol. The van der Waals surface area contributed by atoms with Gasteiger partial charge in [-0.3, -0.25) is 4.79 Å². The molecule has 0 radical (unpaired) electrons. The lowest BCUT2D eigenvalue weighted by atomic mass is 9.73. The maximum Gasteiger partial charge on any atom is 0.230 e. The minimum Gasteiger partial charge on any atom is -0.385 e. The van der Waals surface area contributed by atoms with Gasteiger partial charge in [-0.2, -0.15) is 0 Å². The summed E-state index contributed by atoms with van der Waals surface area (Å²) in [5, 5.41) is 6.37. The van der Waals surface area contributed by atoms with Crippen molar-refractivity contribution in [2.75, 3.05) is 31.6 Å². The van der Waals surface area contributed by atoms with Crippen LogP contribution in [0.25, 0.3) is 0 Å². The van der Waals surface area contributed by atoms with Gasteiger partial charge in [0.1, 0.15) is 5.82 Å². The number of ether oxygens (including phenoxy) is 1.